The molecule has 3 nitrogen and oxygen atoms in total. The van der Waals surface area contributed by atoms with Gasteiger partial charge in [-0.3, -0.25) is 4.79 Å². The van der Waals surface area contributed by atoms with E-state index in [0.29, 0.717) is 18.4 Å². The Morgan fingerprint density at radius 2 is 2.46 bits per heavy atom. The van der Waals surface area contributed by atoms with Crippen LogP contribution in [-0.4, -0.2) is 25.0 Å². The number of hydrogen-bond donors (Lipinski definition) is 2. The maximum Gasteiger partial charge on any atom is 0.220 e. The Morgan fingerprint density at radius 3 is 3.00 bits per heavy atom. The highest BCUT2D eigenvalue weighted by Gasteiger charge is 2.18. The summed E-state index contributed by atoms with van der Waals surface area (Å²) in [5.41, 5.74) is 0. The van der Waals surface area contributed by atoms with E-state index in [1.54, 1.807) is 0 Å². The quantitative estimate of drug-likeness (QED) is 0.681. The third-order valence-electron chi connectivity index (χ3n) is 2.66. The molecule has 1 aliphatic rings. The van der Waals surface area contributed by atoms with Crippen molar-refractivity contribution in [1.82, 2.24) is 10.6 Å². The SMILES string of the molecule is CCC(C)NC(=O)CC1CCNC1. The molecule has 2 N–H and O–H groups in total. The van der Waals surface area contributed by atoms with Crippen LogP contribution < -0.4 is 10.6 Å². The Labute approximate surface area is 80.3 Å². The lowest BCUT2D eigenvalue weighted by atomic mass is 10.0. The largest absolute Gasteiger partial charge is 0.354 e. The Bertz CT molecular complexity index is 164. The molecule has 1 fully saturated rings. The van der Waals surface area contributed by atoms with Gasteiger partial charge in [-0.1, -0.05) is 6.92 Å². The summed E-state index contributed by atoms with van der Waals surface area (Å²) in [5.74, 6) is 0.770. The van der Waals surface area contributed by atoms with Crippen molar-refractivity contribution in [3.8, 4) is 0 Å². The first kappa shape index (κ1) is 10.5. The van der Waals surface area contributed by atoms with Crippen molar-refractivity contribution in [1.29, 1.82) is 0 Å². The predicted octanol–water partition coefficient (Wildman–Crippen LogP) is 0.901. The van der Waals surface area contributed by atoms with Gasteiger partial charge in [-0.05, 0) is 38.8 Å². The third-order valence-corrected chi connectivity index (χ3v) is 2.66. The minimum absolute atomic E-state index is 0.211. The molecule has 1 aliphatic heterocycles. The molecule has 2 atom stereocenters. The van der Waals surface area contributed by atoms with Crippen LogP contribution in [0.1, 0.15) is 33.1 Å². The molecule has 76 valence electrons. The average molecular weight is 184 g/mol. The molecule has 0 spiro atoms. The molecule has 1 heterocycles. The molecular weight excluding hydrogens is 164 g/mol. The minimum atomic E-state index is 0.211. The fraction of sp³-hybridized carbons (Fsp3) is 0.900. The number of amides is 1. The van der Waals surface area contributed by atoms with E-state index < -0.39 is 0 Å². The molecule has 0 bridgehead atoms. The Balaban J connectivity index is 2.16. The minimum Gasteiger partial charge on any atom is -0.354 e. The highest BCUT2D eigenvalue weighted by Crippen LogP contribution is 2.11. The van der Waals surface area contributed by atoms with Crippen molar-refractivity contribution >= 4 is 5.91 Å². The van der Waals surface area contributed by atoms with Crippen molar-refractivity contribution < 1.29 is 4.79 Å². The van der Waals surface area contributed by atoms with Gasteiger partial charge in [0, 0.05) is 12.5 Å². The van der Waals surface area contributed by atoms with E-state index in [-0.39, 0.29) is 5.91 Å². The van der Waals surface area contributed by atoms with Gasteiger partial charge in [-0.15, -0.1) is 0 Å². The van der Waals surface area contributed by atoms with E-state index in [9.17, 15) is 4.79 Å². The van der Waals surface area contributed by atoms with Gasteiger partial charge in [0.05, 0.1) is 0 Å². The standard InChI is InChI=1S/C10H20N2O/c1-3-8(2)12-10(13)6-9-4-5-11-7-9/h8-9,11H,3-7H2,1-2H3,(H,12,13). The van der Waals surface area contributed by atoms with Gasteiger partial charge in [0.15, 0.2) is 0 Å². The van der Waals surface area contributed by atoms with Gasteiger partial charge in [-0.2, -0.15) is 0 Å². The molecule has 0 aromatic heterocycles. The fourth-order valence-corrected chi connectivity index (χ4v) is 1.59. The monoisotopic (exact) mass is 184 g/mol. The molecule has 2 unspecified atom stereocenters. The number of nitrogens with one attached hydrogen (secondary N) is 2. The van der Waals surface area contributed by atoms with Crippen LogP contribution in [0.3, 0.4) is 0 Å². The van der Waals surface area contributed by atoms with E-state index in [1.165, 1.54) is 0 Å². The van der Waals surface area contributed by atoms with Crippen molar-refractivity contribution in [2.24, 2.45) is 5.92 Å². The molecule has 0 aromatic rings. The van der Waals surface area contributed by atoms with Crippen LogP contribution in [0.4, 0.5) is 0 Å². The number of carbonyl (C=O) groups is 1. The molecule has 13 heavy (non-hydrogen) atoms. The second-order valence-corrected chi connectivity index (χ2v) is 3.94. The first-order valence-electron chi connectivity index (χ1n) is 5.22. The molecule has 1 rings (SSSR count). The normalized spacial score (nSPS) is 24.3. The lowest BCUT2D eigenvalue weighted by Crippen LogP contribution is -2.33. The lowest BCUT2D eigenvalue weighted by molar-refractivity contribution is -0.122. The molecule has 0 aliphatic carbocycles. The van der Waals surface area contributed by atoms with Crippen LogP contribution in [0.25, 0.3) is 0 Å². The van der Waals surface area contributed by atoms with Gasteiger partial charge >= 0.3 is 0 Å². The highest BCUT2D eigenvalue weighted by atomic mass is 16.1. The predicted molar refractivity (Wildman–Crippen MR) is 53.5 cm³/mol. The van der Waals surface area contributed by atoms with Crippen LogP contribution in [-0.2, 0) is 4.79 Å². The molecule has 1 amide bonds. The molecular formula is C10H20N2O. The molecule has 0 saturated carbocycles. The van der Waals surface area contributed by atoms with E-state index in [1.807, 2.05) is 6.92 Å². The number of carbonyl (C=O) groups excluding carboxylic acids is 1. The fourth-order valence-electron chi connectivity index (χ4n) is 1.59. The zero-order valence-electron chi connectivity index (χ0n) is 8.60. The van der Waals surface area contributed by atoms with Crippen LogP contribution in [0.15, 0.2) is 0 Å². The Hall–Kier alpha value is -0.570. The van der Waals surface area contributed by atoms with Gasteiger partial charge in [0.2, 0.25) is 5.91 Å². The Morgan fingerprint density at radius 1 is 1.69 bits per heavy atom. The molecule has 0 radical (unpaired) electrons. The van der Waals surface area contributed by atoms with E-state index in [4.69, 9.17) is 0 Å². The summed E-state index contributed by atoms with van der Waals surface area (Å²) in [7, 11) is 0. The second-order valence-electron chi connectivity index (χ2n) is 3.94. The summed E-state index contributed by atoms with van der Waals surface area (Å²) in [6.45, 7) is 6.21. The van der Waals surface area contributed by atoms with E-state index >= 15 is 0 Å². The smallest absolute Gasteiger partial charge is 0.220 e. The first-order valence-corrected chi connectivity index (χ1v) is 5.22. The topological polar surface area (TPSA) is 41.1 Å². The average Bonchev–Trinajstić information content (AvgIpc) is 2.56. The zero-order valence-corrected chi connectivity index (χ0v) is 8.60. The summed E-state index contributed by atoms with van der Waals surface area (Å²) in [6.07, 6.45) is 2.85. The summed E-state index contributed by atoms with van der Waals surface area (Å²) in [4.78, 5) is 11.4. The maximum absolute atomic E-state index is 11.4. The summed E-state index contributed by atoms with van der Waals surface area (Å²) in [6, 6.07) is 0.321. The Kier molecular flexibility index (Phi) is 4.22. The van der Waals surface area contributed by atoms with Crippen molar-refractivity contribution in [3.05, 3.63) is 0 Å². The molecule has 1 saturated heterocycles. The van der Waals surface area contributed by atoms with Gasteiger partial charge in [0.25, 0.3) is 0 Å². The highest BCUT2D eigenvalue weighted by molar-refractivity contribution is 5.76. The molecule has 0 aromatic carbocycles. The number of rotatable bonds is 4. The summed E-state index contributed by atoms with van der Waals surface area (Å²) < 4.78 is 0. The summed E-state index contributed by atoms with van der Waals surface area (Å²) in [5, 5.41) is 6.25. The van der Waals surface area contributed by atoms with Crippen molar-refractivity contribution in [2.45, 2.75) is 39.2 Å². The second kappa shape index (κ2) is 5.22. The van der Waals surface area contributed by atoms with E-state index in [2.05, 4.69) is 17.6 Å². The molecule has 3 heteroatoms. The van der Waals surface area contributed by atoms with Crippen LogP contribution in [0, 0.1) is 5.92 Å². The zero-order chi connectivity index (χ0) is 9.68. The van der Waals surface area contributed by atoms with Crippen molar-refractivity contribution in [3.63, 3.8) is 0 Å². The lowest BCUT2D eigenvalue weighted by Gasteiger charge is -2.13. The van der Waals surface area contributed by atoms with Gasteiger partial charge < -0.3 is 10.6 Å². The van der Waals surface area contributed by atoms with Crippen molar-refractivity contribution in [2.75, 3.05) is 13.1 Å². The first-order chi connectivity index (χ1) is 6.22. The van der Waals surface area contributed by atoms with Gasteiger partial charge in [0.1, 0.15) is 0 Å². The summed E-state index contributed by atoms with van der Waals surface area (Å²) >= 11 is 0. The third kappa shape index (κ3) is 3.77. The van der Waals surface area contributed by atoms with E-state index in [0.717, 1.165) is 25.9 Å². The van der Waals surface area contributed by atoms with Crippen LogP contribution in [0.2, 0.25) is 0 Å². The van der Waals surface area contributed by atoms with Gasteiger partial charge in [-0.25, -0.2) is 0 Å². The van der Waals surface area contributed by atoms with Crippen LogP contribution >= 0.6 is 0 Å². The number of hydrogen-bond acceptors (Lipinski definition) is 2. The maximum atomic E-state index is 11.4. The van der Waals surface area contributed by atoms with Crippen LogP contribution in [0.5, 0.6) is 0 Å².